The van der Waals surface area contributed by atoms with Crippen LogP contribution in [0.15, 0.2) is 12.1 Å². The number of hydrogen-bond acceptors (Lipinski definition) is 4. The minimum absolute atomic E-state index is 0.0688. The maximum atomic E-state index is 12.6. The van der Waals surface area contributed by atoms with Crippen molar-refractivity contribution in [1.82, 2.24) is 0 Å². The molecule has 0 bridgehead atoms. The number of rotatable bonds is 14. The van der Waals surface area contributed by atoms with Crippen molar-refractivity contribution in [1.29, 1.82) is 0 Å². The number of unbranched alkanes of at least 4 members (excludes halogenated alkanes) is 8. The van der Waals surface area contributed by atoms with Gasteiger partial charge in [-0.3, -0.25) is 4.79 Å². The molecule has 142 valence electrons. The molecule has 4 heteroatoms. The minimum atomic E-state index is 0.0688. The summed E-state index contributed by atoms with van der Waals surface area (Å²) in [6, 6.07) is 3.46. The fourth-order valence-electron chi connectivity index (χ4n) is 3.00. The van der Waals surface area contributed by atoms with Crippen LogP contribution in [0.3, 0.4) is 0 Å². The van der Waals surface area contributed by atoms with Gasteiger partial charge in [0, 0.05) is 18.6 Å². The first-order valence-electron chi connectivity index (χ1n) is 9.51. The first-order chi connectivity index (χ1) is 12.2. The van der Waals surface area contributed by atoms with Gasteiger partial charge in [-0.25, -0.2) is 0 Å². The Labute approximate surface area is 152 Å². The Morgan fingerprint density at radius 1 is 0.760 bits per heavy atom. The number of carbonyl (C=O) groups is 1. The van der Waals surface area contributed by atoms with Crippen LogP contribution in [0.4, 0.5) is 0 Å². The third-order valence-electron chi connectivity index (χ3n) is 4.50. The first kappa shape index (κ1) is 21.3. The molecule has 0 saturated carbocycles. The Morgan fingerprint density at radius 2 is 1.24 bits per heavy atom. The topological polar surface area (TPSA) is 44.8 Å². The van der Waals surface area contributed by atoms with Crippen LogP contribution < -0.4 is 14.2 Å². The van der Waals surface area contributed by atoms with Crippen LogP contribution in [0, 0.1) is 0 Å². The van der Waals surface area contributed by atoms with Crippen molar-refractivity contribution >= 4 is 5.78 Å². The molecule has 0 spiro atoms. The Kier molecular flexibility index (Phi) is 10.8. The van der Waals surface area contributed by atoms with E-state index in [1.807, 2.05) is 0 Å². The van der Waals surface area contributed by atoms with Gasteiger partial charge in [-0.15, -0.1) is 0 Å². The zero-order chi connectivity index (χ0) is 18.5. The quantitative estimate of drug-likeness (QED) is 0.313. The molecular formula is C21H34O4. The monoisotopic (exact) mass is 350 g/mol. The van der Waals surface area contributed by atoms with Crippen molar-refractivity contribution in [3.63, 3.8) is 0 Å². The summed E-state index contributed by atoms with van der Waals surface area (Å²) in [5.74, 6) is 1.71. The predicted octanol–water partition coefficient (Wildman–Crippen LogP) is 5.82. The van der Waals surface area contributed by atoms with Gasteiger partial charge in [-0.1, -0.05) is 58.3 Å². The summed E-state index contributed by atoms with van der Waals surface area (Å²) >= 11 is 0. The summed E-state index contributed by atoms with van der Waals surface area (Å²) in [5.41, 5.74) is 0.519. The van der Waals surface area contributed by atoms with E-state index in [0.717, 1.165) is 12.8 Å². The lowest BCUT2D eigenvalue weighted by Crippen LogP contribution is -2.06. The van der Waals surface area contributed by atoms with Crippen LogP contribution in [0.25, 0.3) is 0 Å². The average molecular weight is 350 g/mol. The number of Topliss-reactive ketones (excluding diaryl/α,β-unsaturated/α-hetero) is 1. The van der Waals surface area contributed by atoms with Crippen LogP contribution in [-0.4, -0.2) is 27.1 Å². The van der Waals surface area contributed by atoms with Crippen molar-refractivity contribution in [3.05, 3.63) is 17.7 Å². The van der Waals surface area contributed by atoms with Gasteiger partial charge in [0.05, 0.1) is 21.3 Å². The smallest absolute Gasteiger partial charge is 0.170 e. The molecule has 0 unspecified atom stereocenters. The van der Waals surface area contributed by atoms with Crippen molar-refractivity contribution in [2.45, 2.75) is 71.1 Å². The highest BCUT2D eigenvalue weighted by Gasteiger charge is 2.19. The van der Waals surface area contributed by atoms with Gasteiger partial charge in [0.1, 0.15) is 22.8 Å². The number of ketones is 1. The molecule has 0 aromatic heterocycles. The Balaban J connectivity index is 2.44. The van der Waals surface area contributed by atoms with Crippen molar-refractivity contribution in [3.8, 4) is 17.2 Å². The van der Waals surface area contributed by atoms with E-state index in [1.165, 1.54) is 44.9 Å². The summed E-state index contributed by atoms with van der Waals surface area (Å²) < 4.78 is 15.9. The lowest BCUT2D eigenvalue weighted by Gasteiger charge is -2.14. The molecule has 4 nitrogen and oxygen atoms in total. The van der Waals surface area contributed by atoms with Crippen molar-refractivity contribution in [2.24, 2.45) is 0 Å². The maximum Gasteiger partial charge on any atom is 0.170 e. The average Bonchev–Trinajstić information content (AvgIpc) is 2.65. The van der Waals surface area contributed by atoms with E-state index in [-0.39, 0.29) is 5.78 Å². The van der Waals surface area contributed by atoms with Gasteiger partial charge in [0.25, 0.3) is 0 Å². The lowest BCUT2D eigenvalue weighted by molar-refractivity contribution is 0.0973. The highest BCUT2D eigenvalue weighted by atomic mass is 16.5. The van der Waals surface area contributed by atoms with Gasteiger partial charge in [0.2, 0.25) is 0 Å². The zero-order valence-electron chi connectivity index (χ0n) is 16.4. The predicted molar refractivity (Wildman–Crippen MR) is 102 cm³/mol. The fourth-order valence-corrected chi connectivity index (χ4v) is 3.00. The van der Waals surface area contributed by atoms with Crippen molar-refractivity contribution in [2.75, 3.05) is 21.3 Å². The Hall–Kier alpha value is -1.71. The van der Waals surface area contributed by atoms with E-state index in [1.54, 1.807) is 33.5 Å². The van der Waals surface area contributed by atoms with Crippen molar-refractivity contribution < 1.29 is 19.0 Å². The van der Waals surface area contributed by atoms with E-state index >= 15 is 0 Å². The first-order valence-corrected chi connectivity index (χ1v) is 9.51. The summed E-state index contributed by atoms with van der Waals surface area (Å²) in [6.45, 7) is 2.24. The molecule has 0 amide bonds. The summed E-state index contributed by atoms with van der Waals surface area (Å²) in [7, 11) is 4.70. The third kappa shape index (κ3) is 7.37. The molecule has 0 N–H and O–H groups in total. The van der Waals surface area contributed by atoms with Gasteiger partial charge in [-0.05, 0) is 6.42 Å². The van der Waals surface area contributed by atoms with Gasteiger partial charge in [-0.2, -0.15) is 0 Å². The van der Waals surface area contributed by atoms with Crippen LogP contribution in [-0.2, 0) is 0 Å². The summed E-state index contributed by atoms with van der Waals surface area (Å²) in [6.07, 6.45) is 11.7. The highest BCUT2D eigenvalue weighted by Crippen LogP contribution is 2.35. The highest BCUT2D eigenvalue weighted by molar-refractivity contribution is 6.01. The molecule has 1 rings (SSSR count). The standard InChI is InChI=1S/C21H34O4/c1-5-6-7-8-9-10-11-12-13-14-18(22)21-19(24-3)15-17(23-2)16-20(21)25-4/h15-16H,5-14H2,1-4H3. The molecular weight excluding hydrogens is 316 g/mol. The molecule has 0 saturated heterocycles. The molecule has 25 heavy (non-hydrogen) atoms. The number of ether oxygens (including phenoxy) is 3. The van der Waals surface area contributed by atoms with Crippen LogP contribution in [0.5, 0.6) is 17.2 Å². The number of carbonyl (C=O) groups excluding carboxylic acids is 1. The van der Waals surface area contributed by atoms with Gasteiger partial charge in [0.15, 0.2) is 5.78 Å². The normalized spacial score (nSPS) is 10.6. The largest absolute Gasteiger partial charge is 0.496 e. The second-order valence-electron chi connectivity index (χ2n) is 6.41. The van der Waals surface area contributed by atoms with E-state index in [4.69, 9.17) is 14.2 Å². The molecule has 0 aliphatic rings. The van der Waals surface area contributed by atoms with E-state index in [2.05, 4.69) is 6.92 Å². The summed E-state index contributed by atoms with van der Waals surface area (Å²) in [4.78, 5) is 12.6. The maximum absolute atomic E-state index is 12.6. The Bertz CT molecular complexity index is 486. The molecule has 0 fully saturated rings. The zero-order valence-corrected chi connectivity index (χ0v) is 16.4. The lowest BCUT2D eigenvalue weighted by atomic mass is 10.0. The third-order valence-corrected chi connectivity index (χ3v) is 4.50. The van der Waals surface area contributed by atoms with Gasteiger partial charge < -0.3 is 14.2 Å². The van der Waals surface area contributed by atoms with Crippen LogP contribution >= 0.6 is 0 Å². The molecule has 0 heterocycles. The fraction of sp³-hybridized carbons (Fsp3) is 0.667. The van der Waals surface area contributed by atoms with Gasteiger partial charge >= 0.3 is 0 Å². The molecule has 1 aromatic carbocycles. The van der Waals surface area contributed by atoms with E-state index < -0.39 is 0 Å². The second-order valence-corrected chi connectivity index (χ2v) is 6.41. The Morgan fingerprint density at radius 3 is 1.68 bits per heavy atom. The molecule has 0 aliphatic heterocycles. The number of benzene rings is 1. The minimum Gasteiger partial charge on any atom is -0.496 e. The SMILES string of the molecule is CCCCCCCCCCCC(=O)c1c(OC)cc(OC)cc1OC. The van der Waals surface area contributed by atoms with E-state index in [0.29, 0.717) is 29.2 Å². The number of hydrogen-bond donors (Lipinski definition) is 0. The molecule has 0 atom stereocenters. The molecule has 1 aromatic rings. The van der Waals surface area contributed by atoms with Crippen LogP contribution in [0.2, 0.25) is 0 Å². The second kappa shape index (κ2) is 12.6. The number of methoxy groups -OCH3 is 3. The van der Waals surface area contributed by atoms with Crippen LogP contribution in [0.1, 0.15) is 81.5 Å². The van der Waals surface area contributed by atoms with E-state index in [9.17, 15) is 4.79 Å². The summed E-state index contributed by atoms with van der Waals surface area (Å²) in [5, 5.41) is 0. The molecule has 0 aliphatic carbocycles. The molecule has 0 radical (unpaired) electrons.